The first-order valence-corrected chi connectivity index (χ1v) is 53.6. The summed E-state index contributed by atoms with van der Waals surface area (Å²) in [5, 5.41) is 10.6. The predicted molar refractivity (Wildman–Crippen MR) is 564 cm³/mol. The molecule has 2 N–H and O–H groups in total. The molecule has 0 atom stereocenters. The van der Waals surface area contributed by atoms with Crippen LogP contribution < -0.4 is 40.3 Å². The van der Waals surface area contributed by atoms with Crippen LogP contribution in [0.2, 0.25) is 0 Å². The van der Waals surface area contributed by atoms with Gasteiger partial charge in [-0.3, -0.25) is 0 Å². The van der Waals surface area contributed by atoms with Crippen LogP contribution in [0.4, 0.5) is 34.1 Å². The summed E-state index contributed by atoms with van der Waals surface area (Å²) in [6.07, 6.45) is 7.51. The van der Waals surface area contributed by atoms with Crippen molar-refractivity contribution in [1.82, 2.24) is 19.8 Å². The third-order valence-electron chi connectivity index (χ3n) is 23.8. The highest BCUT2D eigenvalue weighted by Crippen LogP contribution is 2.47. The molecule has 4 aliphatic rings. The number of anilines is 4. The van der Waals surface area contributed by atoms with Gasteiger partial charge in [0.1, 0.15) is 42.9 Å². The summed E-state index contributed by atoms with van der Waals surface area (Å²) in [7, 11) is -9.66. The fourth-order valence-electron chi connectivity index (χ4n) is 17.4. The lowest BCUT2D eigenvalue weighted by molar-refractivity contribution is 0.133. The molecular weight excluding hydrogens is 1810 g/mol. The van der Waals surface area contributed by atoms with Gasteiger partial charge < -0.3 is 47.8 Å². The molecule has 0 saturated carbocycles. The minimum absolute atomic E-state index is 0.263. The molecule has 0 radical (unpaired) electrons. The molecule has 0 fully saturated rings. The summed E-state index contributed by atoms with van der Waals surface area (Å²) in [6.45, 7) is 17.7. The molecule has 0 bridgehead atoms. The number of rotatable bonds is 46. The Labute approximate surface area is 818 Å². The van der Waals surface area contributed by atoms with Gasteiger partial charge in [-0.15, -0.1) is 47.0 Å². The molecule has 12 aromatic rings. The Morgan fingerprint density at radius 3 is 1.18 bits per heavy atom. The van der Waals surface area contributed by atoms with E-state index in [2.05, 4.69) is 239 Å². The van der Waals surface area contributed by atoms with Crippen LogP contribution in [0.15, 0.2) is 378 Å². The lowest BCUT2D eigenvalue weighted by Crippen LogP contribution is -2.29. The van der Waals surface area contributed by atoms with Crippen molar-refractivity contribution in [3.05, 3.63) is 373 Å². The van der Waals surface area contributed by atoms with Crippen LogP contribution in [-0.2, 0) is 29.7 Å². The van der Waals surface area contributed by atoms with E-state index >= 15 is 0 Å². The van der Waals surface area contributed by atoms with E-state index in [0.29, 0.717) is 106 Å². The van der Waals surface area contributed by atoms with E-state index < -0.39 is 20.2 Å². The van der Waals surface area contributed by atoms with Gasteiger partial charge in [0.15, 0.2) is 13.1 Å². The third-order valence-corrected chi connectivity index (χ3v) is 29.9. The van der Waals surface area contributed by atoms with Crippen molar-refractivity contribution in [3.8, 4) is 44.9 Å². The Balaban J connectivity index is 0.000000207. The van der Waals surface area contributed by atoms with Crippen LogP contribution in [0, 0.1) is 27.7 Å². The summed E-state index contributed by atoms with van der Waals surface area (Å²) in [6, 6.07) is 113. The number of ether oxygens (including phenoxy) is 2. The van der Waals surface area contributed by atoms with E-state index in [4.69, 9.17) is 18.3 Å². The molecule has 2 heterocycles. The zero-order chi connectivity index (χ0) is 94.3. The Kier molecular flexibility index (Phi) is 36.6. The van der Waals surface area contributed by atoms with Gasteiger partial charge in [-0.05, 0) is 218 Å². The number of benzene rings is 14. The van der Waals surface area contributed by atoms with Crippen LogP contribution in [0.3, 0.4) is 0 Å². The maximum atomic E-state index is 12.9. The maximum absolute atomic E-state index is 12.9. The average Bonchev–Trinajstić information content (AvgIpc) is 0.741. The first-order valence-electron chi connectivity index (χ1n) is 46.9. The van der Waals surface area contributed by atoms with Crippen molar-refractivity contribution in [2.45, 2.75) is 108 Å². The largest absolute Gasteiger partial charge is 0.744 e. The lowest BCUT2D eigenvalue weighted by Gasteiger charge is -2.29. The minimum atomic E-state index is -4.84. The summed E-state index contributed by atoms with van der Waals surface area (Å²) < 4.78 is 108. The number of hydrogen-bond donors (Lipinski definition) is 2. The Bertz CT molecular complexity index is 6860. The zero-order valence-electron chi connectivity index (χ0n) is 77.6. The number of aryl methyl sites for hydroxylation is 4. The van der Waals surface area contributed by atoms with Gasteiger partial charge in [0.2, 0.25) is 22.1 Å². The molecule has 0 unspecified atom stereocenters. The van der Waals surface area contributed by atoms with E-state index in [-0.39, 0.29) is 9.79 Å². The van der Waals surface area contributed by atoms with Gasteiger partial charge in [-0.2, -0.15) is 9.15 Å². The van der Waals surface area contributed by atoms with Gasteiger partial charge in [-0.1, -0.05) is 182 Å². The first-order chi connectivity index (χ1) is 66.5. The van der Waals surface area contributed by atoms with Crippen LogP contribution in [-0.4, -0.2) is 128 Å². The Morgan fingerprint density at radius 2 is 0.706 bits per heavy atom. The minimum Gasteiger partial charge on any atom is -0.744 e. The fraction of sp³-hybridized carbons (Fsp3) is 0.246. The summed E-state index contributed by atoms with van der Waals surface area (Å²) in [5.74, 6) is 5.27. The number of thioether (sulfide) groups is 4. The lowest BCUT2D eigenvalue weighted by atomic mass is 9.93. The van der Waals surface area contributed by atoms with Crippen molar-refractivity contribution in [1.29, 1.82) is 0 Å². The summed E-state index contributed by atoms with van der Waals surface area (Å²) >= 11 is 7.47. The van der Waals surface area contributed by atoms with Crippen LogP contribution >= 0.6 is 47.0 Å². The monoisotopic (exact) mass is 1920 g/mol. The fourth-order valence-corrected chi connectivity index (χ4v) is 22.2. The normalized spacial score (nSPS) is 12.2. The molecule has 136 heavy (non-hydrogen) atoms. The number of para-hydroxylation sites is 4. The van der Waals surface area contributed by atoms with Gasteiger partial charge in [0.25, 0.3) is 0 Å². The van der Waals surface area contributed by atoms with Crippen molar-refractivity contribution >= 4 is 123 Å². The van der Waals surface area contributed by atoms with E-state index in [0.717, 1.165) is 181 Å². The van der Waals surface area contributed by atoms with Crippen LogP contribution in [0.5, 0.6) is 0 Å². The molecule has 12 aromatic carbocycles. The second-order valence-corrected chi connectivity index (χ2v) is 40.9. The molecule has 22 heteroatoms. The molecule has 2 aliphatic heterocycles. The quantitative estimate of drug-likeness (QED) is 0.0120. The first kappa shape index (κ1) is 99.2. The smallest absolute Gasteiger partial charge is 0.211 e. The number of nitrogens with zero attached hydrogens (tertiary/aromatic N) is 4. The van der Waals surface area contributed by atoms with Gasteiger partial charge in [0, 0.05) is 198 Å². The summed E-state index contributed by atoms with van der Waals surface area (Å²) in [4.78, 5) is 9.22. The van der Waals surface area contributed by atoms with Gasteiger partial charge in [-0.25, -0.2) is 16.8 Å². The molecule has 0 aromatic heterocycles. The number of fused-ring (bicyclic) bond motifs is 4. The molecule has 16 nitrogen and oxygen atoms in total. The standard InChI is InChI=1S/C59H62N2O6S3.C55H56N4O4S3/c1-43-19-13-20-44(2)58(43)60(33-15-35-65-37-17-39-68-49-23-7-5-8-24-49)47-29-31-51-54(41-47)67-55-42-48(30-32-52(55)57(51)53-27-11-12-28-56(53)70(62,63)64)61(59-45(3)21-14-22-46(59)4)34-16-36-66-38-18-40-69-50-25-9-6-10-26-50;60-66(61,62)54-28-14-13-27-51(54)55-49-31-29-45(58(43-19-5-1-6-20-43)37-15-33-56-35-17-39-64-47-23-9-3-10-24-47)41-52(49)63-53-42-46(30-32-50(53)55)59(44-21-7-2-8-22-44)38-16-34-57-36-18-40-65-48-25-11-4-12-26-48/h5-14,19-32,41-42H,15-18,33-40H2,1-4H3;1-14,19-32,41-42,56-57H,15-18,33-40H2. The molecule has 16 rings (SSSR count). The van der Waals surface area contributed by atoms with E-state index in [9.17, 15) is 25.9 Å². The predicted octanol–water partition coefficient (Wildman–Crippen LogP) is 25.4. The number of nitrogens with one attached hydrogen (secondary N) is 2. The molecule has 700 valence electrons. The average molecular weight is 1920 g/mol. The maximum Gasteiger partial charge on any atom is 0.211 e. The Morgan fingerprint density at radius 1 is 0.331 bits per heavy atom. The second-order valence-electron chi connectivity index (χ2n) is 33.5. The highest BCUT2D eigenvalue weighted by Gasteiger charge is 2.28. The Hall–Kier alpha value is -11.3. The van der Waals surface area contributed by atoms with E-state index in [1.807, 2.05) is 156 Å². The molecule has 2 aliphatic carbocycles. The highest BCUT2D eigenvalue weighted by molar-refractivity contribution is 8.00. The van der Waals surface area contributed by atoms with Crippen LogP contribution in [0.1, 0.15) is 73.6 Å². The highest BCUT2D eigenvalue weighted by atomic mass is 32.2. The van der Waals surface area contributed by atoms with E-state index in [1.165, 1.54) is 31.7 Å². The third kappa shape index (κ3) is 27.1. The van der Waals surface area contributed by atoms with Crippen molar-refractivity contribution < 1.29 is 44.2 Å². The molecular formula is C114H118N6O10S6. The van der Waals surface area contributed by atoms with Gasteiger partial charge >= 0.3 is 0 Å². The SMILES string of the molecule is Cc1cccc(C)c1N(CCCOCCCSc1ccccc1)c1ccc2c(-c3ccccc3S(=O)(=O)[O-])c3ccc(=[N+](CCCOCCCSc4ccccc4)c4c(C)cccc4C)cc-3oc2c1.O=S(=O)([O-])c1ccccc1-c1c2ccc(=[N+](CCCNCCCSc3ccccc3)c3ccccc3)cc-2oc2cc(N(CCCNCCCSc3ccccc3)c3ccccc3)ccc12. The van der Waals surface area contributed by atoms with Crippen molar-refractivity contribution in [2.75, 3.05) is 112 Å². The van der Waals surface area contributed by atoms with Gasteiger partial charge in [0.05, 0.1) is 28.5 Å². The molecule has 0 amide bonds. The summed E-state index contributed by atoms with van der Waals surface area (Å²) in [5.41, 5.74) is 15.3. The van der Waals surface area contributed by atoms with Crippen molar-refractivity contribution in [3.63, 3.8) is 0 Å². The number of hydrogen-bond acceptors (Lipinski definition) is 18. The molecule has 0 spiro atoms. The van der Waals surface area contributed by atoms with Crippen LogP contribution in [0.25, 0.3) is 66.8 Å². The van der Waals surface area contributed by atoms with Crippen molar-refractivity contribution in [2.24, 2.45) is 0 Å². The second kappa shape index (κ2) is 50.1. The topological polar surface area (TPSA) is 196 Å². The van der Waals surface area contributed by atoms with E-state index in [1.54, 1.807) is 36.4 Å². The zero-order valence-corrected chi connectivity index (χ0v) is 82.5. The molecule has 0 saturated heterocycles.